The topological polar surface area (TPSA) is 48.0 Å². The first-order valence-electron chi connectivity index (χ1n) is 9.84. The van der Waals surface area contributed by atoms with E-state index in [1.165, 1.54) is 17.5 Å². The lowest BCUT2D eigenvalue weighted by Crippen LogP contribution is -2.19. The predicted octanol–water partition coefficient (Wildman–Crippen LogP) is 4.26. The average molecular weight is 386 g/mol. The van der Waals surface area contributed by atoms with E-state index in [0.717, 1.165) is 31.1 Å². The molecule has 1 saturated heterocycles. The third kappa shape index (κ3) is 6.27. The number of carbonyl (C=O) groups is 1. The summed E-state index contributed by atoms with van der Waals surface area (Å²) in [6.45, 7) is 8.56. The van der Waals surface area contributed by atoms with E-state index in [4.69, 9.17) is 9.47 Å². The molecule has 0 aliphatic carbocycles. The Kier molecular flexibility index (Phi) is 9.35. The molecule has 1 heterocycles. The van der Waals surface area contributed by atoms with Crippen molar-refractivity contribution in [1.82, 2.24) is 4.90 Å². The van der Waals surface area contributed by atoms with Gasteiger partial charge < -0.3 is 14.2 Å². The van der Waals surface area contributed by atoms with Crippen LogP contribution in [-0.4, -0.2) is 44.8 Å². The number of nitrogens with zero attached hydrogens (tertiary/aromatic N) is 1. The SMILES string of the molecule is CCOC=O.CCOc1c(OC)cccc1[C@H]1CCN(Cc2ccccc2)C1. The molecule has 1 aliphatic heterocycles. The lowest BCUT2D eigenvalue weighted by Gasteiger charge is -2.19. The van der Waals surface area contributed by atoms with Crippen LogP contribution >= 0.6 is 0 Å². The molecule has 0 bridgehead atoms. The molecule has 0 spiro atoms. The number of hydrogen-bond acceptors (Lipinski definition) is 5. The highest BCUT2D eigenvalue weighted by Crippen LogP contribution is 2.39. The smallest absolute Gasteiger partial charge is 0.293 e. The second-order valence-electron chi connectivity index (χ2n) is 6.57. The third-order valence-electron chi connectivity index (χ3n) is 4.71. The molecule has 2 aromatic rings. The Hall–Kier alpha value is -2.53. The van der Waals surface area contributed by atoms with Crippen molar-refractivity contribution in [3.05, 3.63) is 59.7 Å². The summed E-state index contributed by atoms with van der Waals surface area (Å²) in [5.41, 5.74) is 2.66. The first-order chi connectivity index (χ1) is 13.7. The van der Waals surface area contributed by atoms with Crippen molar-refractivity contribution < 1.29 is 19.0 Å². The molecule has 1 aliphatic rings. The van der Waals surface area contributed by atoms with Crippen molar-refractivity contribution in [3.63, 3.8) is 0 Å². The summed E-state index contributed by atoms with van der Waals surface area (Å²) >= 11 is 0. The Morgan fingerprint density at radius 2 is 1.86 bits per heavy atom. The van der Waals surface area contributed by atoms with Crippen LogP contribution in [0.25, 0.3) is 0 Å². The van der Waals surface area contributed by atoms with Crippen molar-refractivity contribution in [2.24, 2.45) is 0 Å². The van der Waals surface area contributed by atoms with Crippen molar-refractivity contribution >= 4 is 6.47 Å². The van der Waals surface area contributed by atoms with Crippen molar-refractivity contribution in [3.8, 4) is 11.5 Å². The summed E-state index contributed by atoms with van der Waals surface area (Å²) in [6.07, 6.45) is 1.17. The van der Waals surface area contributed by atoms with Gasteiger partial charge in [-0.1, -0.05) is 42.5 Å². The van der Waals surface area contributed by atoms with Gasteiger partial charge in [0.25, 0.3) is 6.47 Å². The van der Waals surface area contributed by atoms with Crippen LogP contribution < -0.4 is 9.47 Å². The van der Waals surface area contributed by atoms with Crippen molar-refractivity contribution in [1.29, 1.82) is 0 Å². The van der Waals surface area contributed by atoms with E-state index >= 15 is 0 Å². The number of ether oxygens (including phenoxy) is 3. The lowest BCUT2D eigenvalue weighted by molar-refractivity contribution is -0.128. The van der Waals surface area contributed by atoms with E-state index < -0.39 is 0 Å². The maximum absolute atomic E-state index is 9.18. The van der Waals surface area contributed by atoms with E-state index in [1.54, 1.807) is 14.0 Å². The molecule has 0 radical (unpaired) electrons. The van der Waals surface area contributed by atoms with Crippen LogP contribution in [0.3, 0.4) is 0 Å². The normalized spacial score (nSPS) is 16.0. The van der Waals surface area contributed by atoms with Crippen LogP contribution in [0.4, 0.5) is 0 Å². The quantitative estimate of drug-likeness (QED) is 0.636. The van der Waals surface area contributed by atoms with Gasteiger partial charge in [-0.3, -0.25) is 9.69 Å². The minimum absolute atomic E-state index is 0.431. The summed E-state index contributed by atoms with van der Waals surface area (Å²) in [5.74, 6) is 2.27. The van der Waals surface area contributed by atoms with Gasteiger partial charge in [0.05, 0.1) is 20.3 Å². The summed E-state index contributed by atoms with van der Waals surface area (Å²) < 4.78 is 15.5. The maximum atomic E-state index is 9.18. The zero-order valence-electron chi connectivity index (χ0n) is 17.1. The Bertz CT molecular complexity index is 705. The molecule has 0 unspecified atom stereocenters. The Morgan fingerprint density at radius 3 is 2.46 bits per heavy atom. The van der Waals surface area contributed by atoms with Gasteiger partial charge in [-0.2, -0.15) is 0 Å². The highest BCUT2D eigenvalue weighted by molar-refractivity contribution is 5.48. The van der Waals surface area contributed by atoms with Crippen LogP contribution in [0, 0.1) is 0 Å². The van der Waals surface area contributed by atoms with Gasteiger partial charge >= 0.3 is 0 Å². The van der Waals surface area contributed by atoms with E-state index in [9.17, 15) is 4.79 Å². The number of benzene rings is 2. The zero-order chi connectivity index (χ0) is 20.2. The van der Waals surface area contributed by atoms with Crippen molar-refractivity contribution in [2.75, 3.05) is 33.4 Å². The van der Waals surface area contributed by atoms with E-state index in [-0.39, 0.29) is 0 Å². The largest absolute Gasteiger partial charge is 0.493 e. The number of para-hydroxylation sites is 1. The molecule has 0 N–H and O–H groups in total. The minimum Gasteiger partial charge on any atom is -0.493 e. The predicted molar refractivity (Wildman–Crippen MR) is 111 cm³/mol. The van der Waals surface area contributed by atoms with Crippen LogP contribution in [0.5, 0.6) is 11.5 Å². The number of rotatable bonds is 8. The molecule has 5 heteroatoms. The molecule has 1 atom stereocenters. The Labute approximate surface area is 168 Å². The first kappa shape index (κ1) is 21.8. The molecular formula is C23H31NO4. The van der Waals surface area contributed by atoms with Gasteiger partial charge in [0, 0.05) is 24.6 Å². The van der Waals surface area contributed by atoms with Crippen LogP contribution in [0.1, 0.15) is 37.3 Å². The molecule has 5 nitrogen and oxygen atoms in total. The second-order valence-corrected chi connectivity index (χ2v) is 6.57. The minimum atomic E-state index is 0.431. The summed E-state index contributed by atoms with van der Waals surface area (Å²) in [6, 6.07) is 16.9. The number of methoxy groups -OCH3 is 1. The number of carbonyl (C=O) groups excluding carboxylic acids is 1. The van der Waals surface area contributed by atoms with Gasteiger partial charge in [0.1, 0.15) is 0 Å². The Morgan fingerprint density at radius 1 is 1.07 bits per heavy atom. The Balaban J connectivity index is 0.000000500. The zero-order valence-corrected chi connectivity index (χ0v) is 17.1. The number of likely N-dealkylation sites (tertiary alicyclic amines) is 1. The molecule has 28 heavy (non-hydrogen) atoms. The molecule has 0 amide bonds. The van der Waals surface area contributed by atoms with Gasteiger partial charge in [-0.25, -0.2) is 0 Å². The third-order valence-corrected chi connectivity index (χ3v) is 4.71. The summed E-state index contributed by atoms with van der Waals surface area (Å²) in [5, 5.41) is 0. The molecule has 2 aromatic carbocycles. The summed E-state index contributed by atoms with van der Waals surface area (Å²) in [4.78, 5) is 11.7. The maximum Gasteiger partial charge on any atom is 0.293 e. The van der Waals surface area contributed by atoms with E-state index in [0.29, 0.717) is 25.6 Å². The highest BCUT2D eigenvalue weighted by atomic mass is 16.5. The fourth-order valence-electron chi connectivity index (χ4n) is 3.45. The van der Waals surface area contributed by atoms with E-state index in [2.05, 4.69) is 52.1 Å². The molecule has 0 saturated carbocycles. The van der Waals surface area contributed by atoms with Crippen LogP contribution in [0.2, 0.25) is 0 Å². The molecule has 0 aromatic heterocycles. The standard InChI is InChI=1S/C20H25NO2.C3H6O2/c1-3-23-20-18(10-7-11-19(20)22-2)17-12-13-21(15-17)14-16-8-5-4-6-9-16;1-2-5-3-4/h4-11,17H,3,12-15H2,1-2H3;3H,2H2,1H3/t17-;/m0./s1. The monoisotopic (exact) mass is 385 g/mol. The molecular weight excluding hydrogens is 354 g/mol. The van der Waals surface area contributed by atoms with E-state index in [1.807, 2.05) is 13.0 Å². The average Bonchev–Trinajstić information content (AvgIpc) is 3.18. The van der Waals surface area contributed by atoms with Gasteiger partial charge in [0.15, 0.2) is 11.5 Å². The lowest BCUT2D eigenvalue weighted by atomic mass is 9.97. The highest BCUT2D eigenvalue weighted by Gasteiger charge is 2.27. The number of hydrogen-bond donors (Lipinski definition) is 0. The fourth-order valence-corrected chi connectivity index (χ4v) is 3.45. The van der Waals surface area contributed by atoms with Gasteiger partial charge in [-0.05, 0) is 38.4 Å². The summed E-state index contributed by atoms with van der Waals surface area (Å²) in [7, 11) is 1.71. The van der Waals surface area contributed by atoms with Crippen LogP contribution in [-0.2, 0) is 16.1 Å². The molecule has 1 fully saturated rings. The van der Waals surface area contributed by atoms with Crippen LogP contribution in [0.15, 0.2) is 48.5 Å². The first-order valence-corrected chi connectivity index (χ1v) is 9.84. The van der Waals surface area contributed by atoms with Crippen molar-refractivity contribution in [2.45, 2.75) is 32.7 Å². The fraction of sp³-hybridized carbons (Fsp3) is 0.435. The van der Waals surface area contributed by atoms with Gasteiger partial charge in [0.2, 0.25) is 0 Å². The van der Waals surface area contributed by atoms with Gasteiger partial charge in [-0.15, -0.1) is 0 Å². The molecule has 3 rings (SSSR count). The molecule has 152 valence electrons. The second kappa shape index (κ2) is 12.0.